The van der Waals surface area contributed by atoms with Crippen molar-refractivity contribution in [3.8, 4) is 0 Å². The molecule has 0 aromatic carbocycles. The van der Waals surface area contributed by atoms with E-state index in [0.717, 1.165) is 18.4 Å². The standard InChI is InChI=1S/C7H10N2O/c1-2-3-6-4-7(10)9-8-5-6/h4-5H,2-3H2,1H3,(H,9,10). The molecule has 0 aliphatic carbocycles. The monoisotopic (exact) mass is 138 g/mol. The molecule has 0 bridgehead atoms. The van der Waals surface area contributed by atoms with Crippen molar-refractivity contribution in [1.29, 1.82) is 0 Å². The molecule has 0 unspecified atom stereocenters. The Hall–Kier alpha value is -1.12. The van der Waals surface area contributed by atoms with Gasteiger partial charge in [0.15, 0.2) is 0 Å². The number of nitrogens with one attached hydrogen (secondary N) is 1. The van der Waals surface area contributed by atoms with Gasteiger partial charge < -0.3 is 0 Å². The molecule has 3 heteroatoms. The van der Waals surface area contributed by atoms with Crippen LogP contribution in [-0.2, 0) is 6.42 Å². The van der Waals surface area contributed by atoms with Gasteiger partial charge in [0.05, 0.1) is 6.20 Å². The van der Waals surface area contributed by atoms with Crippen molar-refractivity contribution in [1.82, 2.24) is 10.2 Å². The van der Waals surface area contributed by atoms with Crippen molar-refractivity contribution in [2.75, 3.05) is 0 Å². The molecule has 0 saturated heterocycles. The maximum atomic E-state index is 10.6. The van der Waals surface area contributed by atoms with E-state index in [2.05, 4.69) is 17.1 Å². The highest BCUT2D eigenvalue weighted by Gasteiger charge is 1.90. The van der Waals surface area contributed by atoms with Crippen molar-refractivity contribution in [3.63, 3.8) is 0 Å². The summed E-state index contributed by atoms with van der Waals surface area (Å²) in [6.07, 6.45) is 3.66. The van der Waals surface area contributed by atoms with Gasteiger partial charge in [-0.25, -0.2) is 5.10 Å². The van der Waals surface area contributed by atoms with Crippen LogP contribution in [-0.4, -0.2) is 10.2 Å². The van der Waals surface area contributed by atoms with Crippen molar-refractivity contribution >= 4 is 0 Å². The molecule has 0 aliphatic heterocycles. The Balaban J connectivity index is 2.85. The van der Waals surface area contributed by atoms with Crippen LogP contribution < -0.4 is 5.56 Å². The van der Waals surface area contributed by atoms with E-state index in [1.165, 1.54) is 0 Å². The Kier molecular flexibility index (Phi) is 2.20. The summed E-state index contributed by atoms with van der Waals surface area (Å²) in [4.78, 5) is 10.6. The summed E-state index contributed by atoms with van der Waals surface area (Å²) in [5, 5.41) is 5.99. The molecule has 0 spiro atoms. The fraction of sp³-hybridized carbons (Fsp3) is 0.429. The molecule has 1 aromatic heterocycles. The molecule has 0 saturated carbocycles. The Bertz CT molecular complexity index is 254. The molecule has 3 nitrogen and oxygen atoms in total. The zero-order valence-corrected chi connectivity index (χ0v) is 5.92. The quantitative estimate of drug-likeness (QED) is 0.654. The largest absolute Gasteiger partial charge is 0.268 e. The average molecular weight is 138 g/mol. The number of rotatable bonds is 2. The third-order valence-electron chi connectivity index (χ3n) is 1.26. The van der Waals surface area contributed by atoms with Gasteiger partial charge in [-0.2, -0.15) is 5.10 Å². The highest BCUT2D eigenvalue weighted by molar-refractivity contribution is 5.04. The zero-order valence-electron chi connectivity index (χ0n) is 5.92. The number of aromatic amines is 1. The second-order valence-corrected chi connectivity index (χ2v) is 2.20. The second-order valence-electron chi connectivity index (χ2n) is 2.20. The lowest BCUT2D eigenvalue weighted by molar-refractivity contribution is 0.880. The van der Waals surface area contributed by atoms with Crippen molar-refractivity contribution in [2.45, 2.75) is 19.8 Å². The van der Waals surface area contributed by atoms with Gasteiger partial charge in [-0.15, -0.1) is 0 Å². The van der Waals surface area contributed by atoms with E-state index in [-0.39, 0.29) is 5.56 Å². The zero-order chi connectivity index (χ0) is 7.40. The minimum Gasteiger partial charge on any atom is -0.268 e. The molecule has 1 N–H and O–H groups in total. The van der Waals surface area contributed by atoms with Gasteiger partial charge in [-0.1, -0.05) is 13.3 Å². The average Bonchev–Trinajstić information content (AvgIpc) is 1.88. The first kappa shape index (κ1) is 6.99. The fourth-order valence-corrected chi connectivity index (χ4v) is 0.842. The van der Waals surface area contributed by atoms with E-state index >= 15 is 0 Å². The fourth-order valence-electron chi connectivity index (χ4n) is 0.842. The molecule has 1 heterocycles. The van der Waals surface area contributed by atoms with Crippen LogP contribution in [0.15, 0.2) is 17.1 Å². The Labute approximate surface area is 59.1 Å². The van der Waals surface area contributed by atoms with Crippen LogP contribution in [0, 0.1) is 0 Å². The molecule has 1 rings (SSSR count). The summed E-state index contributed by atoms with van der Waals surface area (Å²) in [6.45, 7) is 2.07. The lowest BCUT2D eigenvalue weighted by Crippen LogP contribution is -2.06. The molecule has 0 atom stereocenters. The maximum absolute atomic E-state index is 10.6. The summed E-state index contributed by atoms with van der Waals surface area (Å²) < 4.78 is 0. The first-order chi connectivity index (χ1) is 4.83. The van der Waals surface area contributed by atoms with Crippen molar-refractivity contribution < 1.29 is 0 Å². The second kappa shape index (κ2) is 3.15. The van der Waals surface area contributed by atoms with E-state index in [4.69, 9.17) is 0 Å². The topological polar surface area (TPSA) is 45.8 Å². The molecule has 0 radical (unpaired) electrons. The van der Waals surface area contributed by atoms with Crippen LogP contribution in [0.5, 0.6) is 0 Å². The first-order valence-electron chi connectivity index (χ1n) is 3.36. The van der Waals surface area contributed by atoms with E-state index in [9.17, 15) is 4.79 Å². The summed E-state index contributed by atoms with van der Waals surface area (Å²) in [5.41, 5.74) is 0.886. The number of aryl methyl sites for hydroxylation is 1. The van der Waals surface area contributed by atoms with Gasteiger partial charge >= 0.3 is 0 Å². The molecular formula is C7H10N2O. The number of H-pyrrole nitrogens is 1. The van der Waals surface area contributed by atoms with E-state index < -0.39 is 0 Å². The Morgan fingerprint density at radius 2 is 2.50 bits per heavy atom. The third-order valence-corrected chi connectivity index (χ3v) is 1.26. The number of hydrogen-bond acceptors (Lipinski definition) is 2. The Morgan fingerprint density at radius 3 is 3.10 bits per heavy atom. The van der Waals surface area contributed by atoms with Crippen molar-refractivity contribution in [2.24, 2.45) is 0 Å². The lowest BCUT2D eigenvalue weighted by Gasteiger charge is -1.92. The van der Waals surface area contributed by atoms with Gasteiger partial charge in [0, 0.05) is 6.07 Å². The molecule has 0 aliphatic rings. The Morgan fingerprint density at radius 1 is 1.70 bits per heavy atom. The summed E-state index contributed by atoms with van der Waals surface area (Å²) >= 11 is 0. The first-order valence-corrected chi connectivity index (χ1v) is 3.36. The maximum Gasteiger partial charge on any atom is 0.264 e. The summed E-state index contributed by atoms with van der Waals surface area (Å²) in [7, 11) is 0. The third kappa shape index (κ3) is 1.69. The number of aromatic nitrogens is 2. The van der Waals surface area contributed by atoms with Crippen LogP contribution in [0.25, 0.3) is 0 Å². The van der Waals surface area contributed by atoms with Gasteiger partial charge in [0.2, 0.25) is 0 Å². The minimum absolute atomic E-state index is 0.119. The molecule has 0 amide bonds. The molecule has 0 fully saturated rings. The van der Waals surface area contributed by atoms with E-state index in [1.807, 2.05) is 0 Å². The van der Waals surface area contributed by atoms with Crippen LogP contribution in [0.2, 0.25) is 0 Å². The SMILES string of the molecule is CCCc1cn[nH]c(=O)c1. The summed E-state index contributed by atoms with van der Waals surface area (Å²) in [6, 6.07) is 1.58. The smallest absolute Gasteiger partial charge is 0.264 e. The minimum atomic E-state index is -0.119. The normalized spacial score (nSPS) is 9.70. The van der Waals surface area contributed by atoms with E-state index in [1.54, 1.807) is 12.3 Å². The molecule has 10 heavy (non-hydrogen) atoms. The summed E-state index contributed by atoms with van der Waals surface area (Å²) in [5.74, 6) is 0. The molecule has 54 valence electrons. The molecular weight excluding hydrogens is 128 g/mol. The molecule has 1 aromatic rings. The van der Waals surface area contributed by atoms with Crippen LogP contribution in [0.3, 0.4) is 0 Å². The predicted octanol–water partition coefficient (Wildman–Crippen LogP) is 0.722. The van der Waals surface area contributed by atoms with Gasteiger partial charge in [-0.05, 0) is 12.0 Å². The highest BCUT2D eigenvalue weighted by atomic mass is 16.1. The predicted molar refractivity (Wildman–Crippen MR) is 38.9 cm³/mol. The van der Waals surface area contributed by atoms with E-state index in [0.29, 0.717) is 0 Å². The van der Waals surface area contributed by atoms with Gasteiger partial charge in [-0.3, -0.25) is 4.79 Å². The van der Waals surface area contributed by atoms with Gasteiger partial charge in [0.25, 0.3) is 5.56 Å². The highest BCUT2D eigenvalue weighted by Crippen LogP contribution is 1.94. The number of nitrogens with zero attached hydrogens (tertiary/aromatic N) is 1. The van der Waals surface area contributed by atoms with Crippen LogP contribution in [0.1, 0.15) is 18.9 Å². The van der Waals surface area contributed by atoms with Crippen LogP contribution in [0.4, 0.5) is 0 Å². The van der Waals surface area contributed by atoms with Gasteiger partial charge in [0.1, 0.15) is 0 Å². The number of hydrogen-bond donors (Lipinski definition) is 1. The van der Waals surface area contributed by atoms with Crippen molar-refractivity contribution in [3.05, 3.63) is 28.2 Å². The lowest BCUT2D eigenvalue weighted by atomic mass is 10.2. The van der Waals surface area contributed by atoms with Crippen LogP contribution >= 0.6 is 0 Å².